The summed E-state index contributed by atoms with van der Waals surface area (Å²) in [6.07, 6.45) is 0. The quantitative estimate of drug-likeness (QED) is 0.926. The number of halogens is 1. The van der Waals surface area contributed by atoms with E-state index in [1.807, 2.05) is 19.1 Å². The van der Waals surface area contributed by atoms with E-state index in [1.54, 1.807) is 13.0 Å². The van der Waals surface area contributed by atoms with Crippen molar-refractivity contribution >= 4 is 21.8 Å². The van der Waals surface area contributed by atoms with Gasteiger partial charge in [0.05, 0.1) is 12.0 Å². The van der Waals surface area contributed by atoms with Crippen LogP contribution in [0.2, 0.25) is 0 Å². The average molecular weight is 281 g/mol. The molecule has 1 aromatic rings. The molecule has 0 saturated heterocycles. The summed E-state index contributed by atoms with van der Waals surface area (Å²) in [4.78, 5) is 11.7. The molecule has 0 aromatic heterocycles. The topological polar surface area (TPSA) is 52.9 Å². The van der Waals surface area contributed by atoms with Crippen molar-refractivity contribution in [2.45, 2.75) is 13.8 Å². The molecule has 0 aliphatic carbocycles. The zero-order valence-corrected chi connectivity index (χ0v) is 10.8. The van der Waals surface area contributed by atoms with Crippen LogP contribution in [0, 0.1) is 24.2 Å². The summed E-state index contributed by atoms with van der Waals surface area (Å²) in [5.74, 6) is -0.316. The van der Waals surface area contributed by atoms with Crippen molar-refractivity contribution in [3.05, 3.63) is 33.8 Å². The molecule has 1 aromatic carbocycles. The second-order valence-electron chi connectivity index (χ2n) is 3.76. The van der Waals surface area contributed by atoms with Gasteiger partial charge in [0.2, 0.25) is 0 Å². The lowest BCUT2D eigenvalue weighted by molar-refractivity contribution is 0.0950. The normalized spacial score (nSPS) is 11.6. The molecule has 1 rings (SSSR count). The van der Waals surface area contributed by atoms with Crippen LogP contribution in [-0.2, 0) is 0 Å². The van der Waals surface area contributed by atoms with Crippen molar-refractivity contribution in [3.63, 3.8) is 0 Å². The minimum atomic E-state index is -0.169. The van der Waals surface area contributed by atoms with E-state index in [4.69, 9.17) is 5.26 Å². The third-order valence-electron chi connectivity index (χ3n) is 2.09. The highest BCUT2D eigenvalue weighted by atomic mass is 79.9. The van der Waals surface area contributed by atoms with Crippen molar-refractivity contribution in [1.82, 2.24) is 5.32 Å². The molecular weight excluding hydrogens is 268 g/mol. The number of nitrogens with zero attached hydrogens (tertiary/aromatic N) is 1. The van der Waals surface area contributed by atoms with Gasteiger partial charge in [-0.15, -0.1) is 0 Å². The van der Waals surface area contributed by atoms with E-state index in [-0.39, 0.29) is 11.8 Å². The lowest BCUT2D eigenvalue weighted by Gasteiger charge is -2.07. The Bertz CT molecular complexity index is 417. The number of carbonyl (C=O) groups is 1. The Hall–Kier alpha value is -1.34. The summed E-state index contributed by atoms with van der Waals surface area (Å²) in [5.41, 5.74) is 1.63. The van der Waals surface area contributed by atoms with Gasteiger partial charge in [0, 0.05) is 16.6 Å². The van der Waals surface area contributed by atoms with E-state index in [9.17, 15) is 4.79 Å². The van der Waals surface area contributed by atoms with Gasteiger partial charge in [-0.25, -0.2) is 0 Å². The maximum atomic E-state index is 11.7. The van der Waals surface area contributed by atoms with E-state index in [0.717, 1.165) is 10.0 Å². The van der Waals surface area contributed by atoms with Gasteiger partial charge in [0.25, 0.3) is 5.91 Å². The molecule has 4 heteroatoms. The molecule has 84 valence electrons. The standard InChI is InChI=1S/C12H13BrN2O/c1-8-3-10(5-11(13)4-8)12(16)15-7-9(2)6-14/h3-5,9H,7H2,1-2H3,(H,15,16). The highest BCUT2D eigenvalue weighted by molar-refractivity contribution is 9.10. The molecule has 0 saturated carbocycles. The molecule has 3 nitrogen and oxygen atoms in total. The highest BCUT2D eigenvalue weighted by Crippen LogP contribution is 2.15. The first-order valence-electron chi connectivity index (χ1n) is 4.98. The van der Waals surface area contributed by atoms with Crippen LogP contribution in [0.3, 0.4) is 0 Å². The summed E-state index contributed by atoms with van der Waals surface area (Å²) in [6.45, 7) is 4.08. The summed E-state index contributed by atoms with van der Waals surface area (Å²) in [6, 6.07) is 7.59. The number of rotatable bonds is 3. The third kappa shape index (κ3) is 3.67. The Morgan fingerprint density at radius 1 is 1.56 bits per heavy atom. The molecule has 1 amide bonds. The largest absolute Gasteiger partial charge is 0.351 e. The van der Waals surface area contributed by atoms with E-state index in [0.29, 0.717) is 12.1 Å². The second kappa shape index (κ2) is 5.66. The first-order chi connectivity index (χ1) is 7.52. The van der Waals surface area contributed by atoms with Gasteiger partial charge in [-0.1, -0.05) is 15.9 Å². The van der Waals surface area contributed by atoms with Crippen molar-refractivity contribution < 1.29 is 4.79 Å². The number of benzene rings is 1. The number of hydrogen-bond donors (Lipinski definition) is 1. The Balaban J connectivity index is 2.70. The van der Waals surface area contributed by atoms with Gasteiger partial charge in [0.1, 0.15) is 0 Å². The fourth-order valence-electron chi connectivity index (χ4n) is 1.26. The minimum Gasteiger partial charge on any atom is -0.351 e. The molecular formula is C12H13BrN2O. The number of hydrogen-bond acceptors (Lipinski definition) is 2. The molecule has 0 heterocycles. The molecule has 1 unspecified atom stereocenters. The Labute approximate surface area is 104 Å². The van der Waals surface area contributed by atoms with Gasteiger partial charge in [-0.2, -0.15) is 5.26 Å². The second-order valence-corrected chi connectivity index (χ2v) is 4.67. The van der Waals surface area contributed by atoms with Crippen LogP contribution in [-0.4, -0.2) is 12.5 Å². The number of nitrogens with one attached hydrogen (secondary N) is 1. The van der Waals surface area contributed by atoms with Crippen molar-refractivity contribution in [3.8, 4) is 6.07 Å². The summed E-state index contributed by atoms with van der Waals surface area (Å²) < 4.78 is 0.881. The third-order valence-corrected chi connectivity index (χ3v) is 2.55. The van der Waals surface area contributed by atoms with E-state index in [1.165, 1.54) is 0 Å². The number of nitriles is 1. The molecule has 1 atom stereocenters. The Kier molecular flexibility index (Phi) is 4.51. The van der Waals surface area contributed by atoms with Crippen molar-refractivity contribution in [2.75, 3.05) is 6.54 Å². The maximum Gasteiger partial charge on any atom is 0.251 e. The van der Waals surface area contributed by atoms with Gasteiger partial charge in [-0.05, 0) is 37.6 Å². The maximum absolute atomic E-state index is 11.7. The molecule has 1 N–H and O–H groups in total. The Morgan fingerprint density at radius 2 is 2.25 bits per heavy atom. The molecule has 0 aliphatic rings. The number of carbonyl (C=O) groups excluding carboxylic acids is 1. The lowest BCUT2D eigenvalue weighted by Crippen LogP contribution is -2.27. The van der Waals surface area contributed by atoms with E-state index >= 15 is 0 Å². The van der Waals surface area contributed by atoms with Gasteiger partial charge >= 0.3 is 0 Å². The van der Waals surface area contributed by atoms with Crippen LogP contribution < -0.4 is 5.32 Å². The minimum absolute atomic E-state index is 0.147. The van der Waals surface area contributed by atoms with E-state index in [2.05, 4.69) is 27.3 Å². The predicted molar refractivity (Wildman–Crippen MR) is 66.0 cm³/mol. The lowest BCUT2D eigenvalue weighted by atomic mass is 10.1. The Morgan fingerprint density at radius 3 is 2.81 bits per heavy atom. The fraction of sp³-hybridized carbons (Fsp3) is 0.333. The van der Waals surface area contributed by atoms with Crippen LogP contribution in [0.1, 0.15) is 22.8 Å². The monoisotopic (exact) mass is 280 g/mol. The number of aryl methyl sites for hydroxylation is 1. The molecule has 0 bridgehead atoms. The van der Waals surface area contributed by atoms with Gasteiger partial charge in [0.15, 0.2) is 0 Å². The highest BCUT2D eigenvalue weighted by Gasteiger charge is 2.08. The fourth-order valence-corrected chi connectivity index (χ4v) is 1.87. The first-order valence-corrected chi connectivity index (χ1v) is 5.77. The smallest absolute Gasteiger partial charge is 0.251 e. The van der Waals surface area contributed by atoms with Crippen molar-refractivity contribution in [1.29, 1.82) is 5.26 Å². The average Bonchev–Trinajstić information content (AvgIpc) is 2.23. The van der Waals surface area contributed by atoms with E-state index < -0.39 is 0 Å². The van der Waals surface area contributed by atoms with Crippen LogP contribution in [0.5, 0.6) is 0 Å². The first kappa shape index (κ1) is 12.7. The summed E-state index contributed by atoms with van der Waals surface area (Å²) >= 11 is 3.34. The summed E-state index contributed by atoms with van der Waals surface area (Å²) in [5, 5.41) is 11.3. The molecule has 0 radical (unpaired) electrons. The van der Waals surface area contributed by atoms with Gasteiger partial charge < -0.3 is 5.32 Å². The zero-order valence-electron chi connectivity index (χ0n) is 9.25. The number of amides is 1. The van der Waals surface area contributed by atoms with Gasteiger partial charge in [-0.3, -0.25) is 4.79 Å². The summed E-state index contributed by atoms with van der Waals surface area (Å²) in [7, 11) is 0. The molecule has 16 heavy (non-hydrogen) atoms. The van der Waals surface area contributed by atoms with Crippen LogP contribution in [0.4, 0.5) is 0 Å². The molecule has 0 fully saturated rings. The SMILES string of the molecule is Cc1cc(Br)cc(C(=O)NCC(C)C#N)c1. The molecule has 0 aliphatic heterocycles. The van der Waals surface area contributed by atoms with Crippen LogP contribution in [0.15, 0.2) is 22.7 Å². The molecule has 0 spiro atoms. The predicted octanol–water partition coefficient (Wildman–Crippen LogP) is 2.65. The zero-order chi connectivity index (χ0) is 12.1. The van der Waals surface area contributed by atoms with Crippen molar-refractivity contribution in [2.24, 2.45) is 5.92 Å². The van der Waals surface area contributed by atoms with Crippen LogP contribution in [0.25, 0.3) is 0 Å². The van der Waals surface area contributed by atoms with Crippen LogP contribution >= 0.6 is 15.9 Å².